The number of benzene rings is 2. The highest BCUT2D eigenvalue weighted by molar-refractivity contribution is 5.69. The van der Waals surface area contributed by atoms with E-state index in [4.69, 9.17) is 4.74 Å². The van der Waals surface area contributed by atoms with Crippen LogP contribution in [-0.2, 0) is 22.4 Å². The highest BCUT2D eigenvalue weighted by atomic mass is 16.6. The molecule has 2 aromatic carbocycles. The fourth-order valence-electron chi connectivity index (χ4n) is 5.24. The smallest absolute Gasteiger partial charge is 0.410 e. The maximum absolute atomic E-state index is 12.8. The first-order chi connectivity index (χ1) is 14.5. The summed E-state index contributed by atoms with van der Waals surface area (Å²) >= 11 is 0. The molecule has 0 spiro atoms. The largest absolute Gasteiger partial charge is 0.445 e. The number of carbonyl (C=O) groups excluding carboxylic acids is 1. The predicted molar refractivity (Wildman–Crippen MR) is 111 cm³/mol. The number of hydrogen-bond acceptors (Lipinski definition) is 4. The Kier molecular flexibility index (Phi) is 4.56. The van der Waals surface area contributed by atoms with E-state index in [9.17, 15) is 15.2 Å². The molecule has 1 aliphatic carbocycles. The monoisotopic (exact) mass is 402 g/mol. The average molecular weight is 402 g/mol. The Balaban J connectivity index is 1.27. The number of rotatable bonds is 4. The van der Waals surface area contributed by atoms with Gasteiger partial charge in [0, 0.05) is 24.9 Å². The third-order valence-corrected chi connectivity index (χ3v) is 7.12. The topological polar surface area (TPSA) is 73.6 Å². The van der Waals surface area contributed by atoms with Crippen molar-refractivity contribution in [3.63, 3.8) is 0 Å². The van der Waals surface area contributed by atoms with Gasteiger partial charge >= 0.3 is 6.09 Å². The van der Waals surface area contributed by atoms with Gasteiger partial charge in [0.15, 0.2) is 0 Å². The predicted octanol–water partition coefficient (Wildman–Crippen LogP) is 4.39. The van der Waals surface area contributed by atoms with Crippen LogP contribution in [0.2, 0.25) is 0 Å². The lowest BCUT2D eigenvalue weighted by atomic mass is 9.80. The zero-order valence-corrected chi connectivity index (χ0v) is 17.0. The van der Waals surface area contributed by atoms with Gasteiger partial charge in [-0.2, -0.15) is 5.26 Å². The number of carbonyl (C=O) groups is 1. The van der Waals surface area contributed by atoms with Crippen LogP contribution in [0.25, 0.3) is 0 Å². The molecular weight excluding hydrogens is 376 g/mol. The second kappa shape index (κ2) is 7.14. The standard InChI is InChI=1S/C25H26N2O3/c26-17-24(12-13-24)19-6-8-20(9-7-19)25(29)14-21-10-11-22(15-25)27(21)23(28)30-16-18-4-2-1-3-5-18/h1-9,21-22,29H,10-16H2. The van der Waals surface area contributed by atoms with E-state index < -0.39 is 5.60 Å². The summed E-state index contributed by atoms with van der Waals surface area (Å²) in [5.41, 5.74) is 1.64. The molecule has 3 fully saturated rings. The molecule has 2 heterocycles. The first-order valence-corrected chi connectivity index (χ1v) is 10.8. The maximum atomic E-state index is 12.8. The van der Waals surface area contributed by atoms with E-state index in [2.05, 4.69) is 6.07 Å². The second-order valence-corrected chi connectivity index (χ2v) is 9.04. The molecular formula is C25H26N2O3. The van der Waals surface area contributed by atoms with Crippen molar-refractivity contribution in [3.05, 3.63) is 71.3 Å². The van der Waals surface area contributed by atoms with Gasteiger partial charge in [-0.15, -0.1) is 0 Å². The molecule has 1 N–H and O–H groups in total. The van der Waals surface area contributed by atoms with Crippen LogP contribution in [0.15, 0.2) is 54.6 Å². The Morgan fingerprint density at radius 1 is 1.03 bits per heavy atom. The molecule has 1 saturated carbocycles. The molecule has 30 heavy (non-hydrogen) atoms. The highest BCUT2D eigenvalue weighted by Gasteiger charge is 2.51. The lowest BCUT2D eigenvalue weighted by Crippen LogP contribution is -2.52. The van der Waals surface area contributed by atoms with E-state index in [-0.39, 0.29) is 30.2 Å². The minimum Gasteiger partial charge on any atom is -0.445 e. The highest BCUT2D eigenvalue weighted by Crippen LogP contribution is 2.49. The summed E-state index contributed by atoms with van der Waals surface area (Å²) in [4.78, 5) is 14.6. The van der Waals surface area contributed by atoms with E-state index in [1.807, 2.05) is 59.5 Å². The minimum atomic E-state index is -0.941. The molecule has 2 saturated heterocycles. The molecule has 154 valence electrons. The molecule has 1 amide bonds. The zero-order valence-electron chi connectivity index (χ0n) is 17.0. The molecule has 5 rings (SSSR count). The summed E-state index contributed by atoms with van der Waals surface area (Å²) in [7, 11) is 0. The van der Waals surface area contributed by atoms with E-state index in [0.29, 0.717) is 12.8 Å². The minimum absolute atomic E-state index is 0.00872. The number of aliphatic hydroxyl groups is 1. The van der Waals surface area contributed by atoms with Gasteiger partial charge in [-0.25, -0.2) is 4.79 Å². The first-order valence-electron chi connectivity index (χ1n) is 10.8. The SMILES string of the molecule is N#CC1(c2ccc(C3(O)CC4CCC(C3)N4C(=O)OCc3ccccc3)cc2)CC1. The second-order valence-electron chi connectivity index (χ2n) is 9.04. The van der Waals surface area contributed by atoms with Gasteiger partial charge in [-0.1, -0.05) is 54.6 Å². The summed E-state index contributed by atoms with van der Waals surface area (Å²) < 4.78 is 5.57. The summed E-state index contributed by atoms with van der Waals surface area (Å²) in [6.07, 6.45) is 4.37. The van der Waals surface area contributed by atoms with E-state index in [0.717, 1.165) is 42.4 Å². The number of ether oxygens (including phenoxy) is 1. The van der Waals surface area contributed by atoms with Gasteiger partial charge in [0.25, 0.3) is 0 Å². The van der Waals surface area contributed by atoms with Crippen molar-refractivity contribution in [1.82, 2.24) is 4.90 Å². The molecule has 2 aliphatic heterocycles. The van der Waals surface area contributed by atoms with Gasteiger partial charge < -0.3 is 14.7 Å². The van der Waals surface area contributed by atoms with Gasteiger partial charge in [-0.3, -0.25) is 0 Å². The number of fused-ring (bicyclic) bond motifs is 2. The van der Waals surface area contributed by atoms with Crippen molar-refractivity contribution < 1.29 is 14.6 Å². The van der Waals surface area contributed by atoms with Crippen LogP contribution in [-0.4, -0.2) is 28.2 Å². The molecule has 5 heteroatoms. The molecule has 2 aromatic rings. The van der Waals surface area contributed by atoms with Crippen molar-refractivity contribution in [2.75, 3.05) is 0 Å². The van der Waals surface area contributed by atoms with Crippen molar-refractivity contribution >= 4 is 6.09 Å². The Morgan fingerprint density at radius 3 is 2.20 bits per heavy atom. The van der Waals surface area contributed by atoms with Crippen LogP contribution in [0.5, 0.6) is 0 Å². The zero-order chi connectivity index (χ0) is 20.8. The normalized spacial score (nSPS) is 28.6. The Hall–Kier alpha value is -2.84. The summed E-state index contributed by atoms with van der Waals surface area (Å²) in [5.74, 6) is 0. The number of amides is 1. The molecule has 2 atom stereocenters. The Labute approximate surface area is 176 Å². The van der Waals surface area contributed by atoms with E-state index >= 15 is 0 Å². The summed E-state index contributed by atoms with van der Waals surface area (Å²) in [6, 6.07) is 20.0. The number of hydrogen-bond donors (Lipinski definition) is 1. The van der Waals surface area contributed by atoms with Crippen LogP contribution in [0.3, 0.4) is 0 Å². The van der Waals surface area contributed by atoms with Gasteiger partial charge in [0.2, 0.25) is 0 Å². The van der Waals surface area contributed by atoms with Gasteiger partial charge in [-0.05, 0) is 42.4 Å². The van der Waals surface area contributed by atoms with Crippen LogP contribution < -0.4 is 0 Å². The lowest BCUT2D eigenvalue weighted by molar-refractivity contribution is -0.0537. The Bertz CT molecular complexity index is 962. The fraction of sp³-hybridized carbons (Fsp3) is 0.440. The third-order valence-electron chi connectivity index (χ3n) is 7.12. The summed E-state index contributed by atoms with van der Waals surface area (Å²) in [6.45, 7) is 0.266. The number of nitrogens with zero attached hydrogens (tertiary/aromatic N) is 2. The quantitative estimate of drug-likeness (QED) is 0.823. The molecule has 2 unspecified atom stereocenters. The maximum Gasteiger partial charge on any atom is 0.410 e. The lowest BCUT2D eigenvalue weighted by Gasteiger charge is -2.43. The Morgan fingerprint density at radius 2 is 1.63 bits per heavy atom. The van der Waals surface area contributed by atoms with Crippen LogP contribution >= 0.6 is 0 Å². The average Bonchev–Trinajstić information content (AvgIpc) is 3.52. The molecule has 0 radical (unpaired) electrons. The molecule has 2 bridgehead atoms. The first kappa shape index (κ1) is 19.1. The molecule has 5 nitrogen and oxygen atoms in total. The third kappa shape index (κ3) is 3.26. The van der Waals surface area contributed by atoms with E-state index in [1.54, 1.807) is 0 Å². The fourth-order valence-corrected chi connectivity index (χ4v) is 5.24. The number of piperidine rings is 1. The van der Waals surface area contributed by atoms with Gasteiger partial charge in [0.05, 0.1) is 17.1 Å². The number of nitriles is 1. The van der Waals surface area contributed by atoms with Crippen LogP contribution in [0, 0.1) is 11.3 Å². The van der Waals surface area contributed by atoms with Crippen molar-refractivity contribution in [2.45, 2.75) is 68.2 Å². The van der Waals surface area contributed by atoms with Crippen LogP contribution in [0.1, 0.15) is 55.2 Å². The van der Waals surface area contributed by atoms with E-state index in [1.165, 1.54) is 0 Å². The molecule has 3 aliphatic rings. The van der Waals surface area contributed by atoms with Crippen molar-refractivity contribution in [1.29, 1.82) is 5.26 Å². The molecule has 0 aromatic heterocycles. The van der Waals surface area contributed by atoms with Crippen molar-refractivity contribution in [3.8, 4) is 6.07 Å². The van der Waals surface area contributed by atoms with Crippen LogP contribution in [0.4, 0.5) is 4.79 Å². The van der Waals surface area contributed by atoms with Gasteiger partial charge in [0.1, 0.15) is 6.61 Å². The van der Waals surface area contributed by atoms with Crippen molar-refractivity contribution in [2.24, 2.45) is 0 Å². The summed E-state index contributed by atoms with van der Waals surface area (Å²) in [5, 5.41) is 20.9.